The van der Waals surface area contributed by atoms with Gasteiger partial charge < -0.3 is 18.9 Å². The molecule has 1 fully saturated rings. The third-order valence-electron chi connectivity index (χ3n) is 6.39. The summed E-state index contributed by atoms with van der Waals surface area (Å²) in [5, 5.41) is 0. The molecule has 5 nitrogen and oxygen atoms in total. The van der Waals surface area contributed by atoms with Crippen molar-refractivity contribution in [3.05, 3.63) is 83.2 Å². The van der Waals surface area contributed by atoms with Gasteiger partial charge in [0.25, 0.3) is 0 Å². The molecule has 4 rings (SSSR count). The highest BCUT2D eigenvalue weighted by Gasteiger charge is 2.29. The monoisotopic (exact) mass is 536 g/mol. The van der Waals surface area contributed by atoms with Crippen LogP contribution in [0.1, 0.15) is 69.2 Å². The minimum Gasteiger partial charge on any atom is -0.497 e. The molecular formula is C33H41FO5. The number of carbonyl (C=O) groups excluding carboxylic acids is 1. The third-order valence-corrected chi connectivity index (χ3v) is 6.39. The van der Waals surface area contributed by atoms with E-state index in [1.54, 1.807) is 26.4 Å². The van der Waals surface area contributed by atoms with Gasteiger partial charge in [-0.05, 0) is 70.5 Å². The molecular weight excluding hydrogens is 495 g/mol. The second-order valence-corrected chi connectivity index (χ2v) is 10.8. The lowest BCUT2D eigenvalue weighted by Crippen LogP contribution is -2.21. The summed E-state index contributed by atoms with van der Waals surface area (Å²) in [5.74, 6) is 0.726. The lowest BCUT2D eigenvalue weighted by atomic mass is 9.81. The van der Waals surface area contributed by atoms with Gasteiger partial charge in [-0.2, -0.15) is 0 Å². The first-order valence-corrected chi connectivity index (χ1v) is 13.4. The van der Waals surface area contributed by atoms with Crippen LogP contribution in [-0.2, 0) is 27.3 Å². The lowest BCUT2D eigenvalue weighted by Gasteiger charge is -2.32. The maximum Gasteiger partial charge on any atom is 0.305 e. The molecule has 39 heavy (non-hydrogen) atoms. The van der Waals surface area contributed by atoms with Crippen LogP contribution in [-0.4, -0.2) is 27.3 Å². The molecule has 1 saturated carbocycles. The first kappa shape index (κ1) is 30.2. The van der Waals surface area contributed by atoms with Gasteiger partial charge >= 0.3 is 5.97 Å². The van der Waals surface area contributed by atoms with E-state index in [2.05, 4.69) is 20.8 Å². The summed E-state index contributed by atoms with van der Waals surface area (Å²) < 4.78 is 37.0. The summed E-state index contributed by atoms with van der Waals surface area (Å²) in [5.41, 5.74) is 3.79. The second kappa shape index (κ2) is 14.1. The molecule has 1 unspecified atom stereocenters. The summed E-state index contributed by atoms with van der Waals surface area (Å²) in [6.45, 7) is 6.61. The van der Waals surface area contributed by atoms with Crippen LogP contribution >= 0.6 is 0 Å². The summed E-state index contributed by atoms with van der Waals surface area (Å²) in [4.78, 5) is 11.5. The summed E-state index contributed by atoms with van der Waals surface area (Å²) in [6, 6.07) is 18.3. The Hall–Kier alpha value is -3.38. The van der Waals surface area contributed by atoms with E-state index in [1.807, 2.05) is 42.5 Å². The Morgan fingerprint density at radius 3 is 2.23 bits per heavy atom. The minimum atomic E-state index is -0.325. The van der Waals surface area contributed by atoms with Crippen LogP contribution < -0.4 is 9.47 Å². The van der Waals surface area contributed by atoms with Crippen LogP contribution in [0.3, 0.4) is 0 Å². The van der Waals surface area contributed by atoms with Crippen molar-refractivity contribution < 1.29 is 28.1 Å². The molecule has 1 aliphatic rings. The Kier molecular flexibility index (Phi) is 10.9. The van der Waals surface area contributed by atoms with Gasteiger partial charge in [0.2, 0.25) is 0 Å². The number of methoxy groups -OCH3 is 3. The highest BCUT2D eigenvalue weighted by atomic mass is 19.1. The summed E-state index contributed by atoms with van der Waals surface area (Å²) >= 11 is 0. The molecule has 0 heterocycles. The predicted molar refractivity (Wildman–Crippen MR) is 153 cm³/mol. The molecule has 0 saturated heterocycles. The van der Waals surface area contributed by atoms with Gasteiger partial charge in [-0.15, -0.1) is 0 Å². The molecule has 210 valence electrons. The smallest absolute Gasteiger partial charge is 0.305 e. The first-order chi connectivity index (χ1) is 18.7. The number of rotatable bonds is 10. The van der Waals surface area contributed by atoms with Crippen LogP contribution in [0, 0.1) is 11.2 Å². The van der Waals surface area contributed by atoms with Crippen molar-refractivity contribution in [2.24, 2.45) is 5.41 Å². The average molecular weight is 537 g/mol. The second-order valence-electron chi connectivity index (χ2n) is 10.8. The lowest BCUT2D eigenvalue weighted by molar-refractivity contribution is -0.140. The number of esters is 1. The minimum absolute atomic E-state index is 0.230. The van der Waals surface area contributed by atoms with Gasteiger partial charge in [0.05, 0.1) is 20.3 Å². The summed E-state index contributed by atoms with van der Waals surface area (Å²) in [6.07, 6.45) is 5.12. The maximum atomic E-state index is 14.9. The Balaban J connectivity index is 0.00000131. The summed E-state index contributed by atoms with van der Waals surface area (Å²) in [7, 11) is 4.62. The van der Waals surface area contributed by atoms with Gasteiger partial charge in [0.1, 0.15) is 23.9 Å². The van der Waals surface area contributed by atoms with Gasteiger partial charge in [0, 0.05) is 19.1 Å². The van der Waals surface area contributed by atoms with Crippen molar-refractivity contribution in [1.29, 1.82) is 0 Å². The maximum absolute atomic E-state index is 14.9. The van der Waals surface area contributed by atoms with Crippen LogP contribution in [0.4, 0.5) is 4.39 Å². The van der Waals surface area contributed by atoms with Crippen molar-refractivity contribution in [3.63, 3.8) is 0 Å². The van der Waals surface area contributed by atoms with E-state index in [-0.39, 0.29) is 23.3 Å². The van der Waals surface area contributed by atoms with Crippen molar-refractivity contribution >= 4 is 5.97 Å². The van der Waals surface area contributed by atoms with Crippen molar-refractivity contribution in [1.82, 2.24) is 0 Å². The molecule has 0 radical (unpaired) electrons. The predicted octanol–water partition coefficient (Wildman–Crippen LogP) is 8.09. The van der Waals surface area contributed by atoms with E-state index in [4.69, 9.17) is 18.9 Å². The number of benzene rings is 3. The molecule has 3 aromatic carbocycles. The quantitative estimate of drug-likeness (QED) is 0.245. The Morgan fingerprint density at radius 2 is 1.62 bits per heavy atom. The SMILES string of the molecule is C1CC1.COC(=O)CCc1cccc(OCc2ccc(-c3cc(OC)ccc3F)c(C(OC)C(C)(C)C)c2)c1. The van der Waals surface area contributed by atoms with Gasteiger partial charge in [-0.3, -0.25) is 4.79 Å². The van der Waals surface area contributed by atoms with E-state index in [0.717, 1.165) is 22.3 Å². The molecule has 0 bridgehead atoms. The van der Waals surface area contributed by atoms with Crippen molar-refractivity contribution in [2.75, 3.05) is 21.3 Å². The zero-order valence-electron chi connectivity index (χ0n) is 24.0. The molecule has 6 heteroatoms. The van der Waals surface area contributed by atoms with E-state index >= 15 is 0 Å². The van der Waals surface area contributed by atoms with E-state index in [0.29, 0.717) is 36.5 Å². The Morgan fingerprint density at radius 1 is 0.872 bits per heavy atom. The third kappa shape index (κ3) is 9.10. The fourth-order valence-corrected chi connectivity index (χ4v) is 4.25. The van der Waals surface area contributed by atoms with E-state index < -0.39 is 0 Å². The molecule has 0 aliphatic heterocycles. The molecule has 1 atom stereocenters. The van der Waals surface area contributed by atoms with Crippen LogP contribution in [0.2, 0.25) is 0 Å². The topological polar surface area (TPSA) is 54.0 Å². The number of ether oxygens (including phenoxy) is 4. The number of hydrogen-bond donors (Lipinski definition) is 0. The van der Waals surface area contributed by atoms with Gasteiger partial charge in [-0.25, -0.2) is 4.39 Å². The van der Waals surface area contributed by atoms with Crippen molar-refractivity contribution in [3.8, 4) is 22.6 Å². The van der Waals surface area contributed by atoms with Crippen molar-refractivity contribution in [2.45, 2.75) is 65.6 Å². The molecule has 1 aliphatic carbocycles. The number of halogens is 1. The van der Waals surface area contributed by atoms with Gasteiger partial charge in [-0.1, -0.05) is 64.3 Å². The Labute approximate surface area is 232 Å². The zero-order chi connectivity index (χ0) is 28.4. The fourth-order valence-electron chi connectivity index (χ4n) is 4.25. The molecule has 0 N–H and O–H groups in total. The number of hydrogen-bond acceptors (Lipinski definition) is 5. The Bertz CT molecular complexity index is 1230. The zero-order valence-corrected chi connectivity index (χ0v) is 24.0. The normalized spacial score (nSPS) is 13.1. The van der Waals surface area contributed by atoms with E-state index in [9.17, 15) is 9.18 Å². The van der Waals surface area contributed by atoms with Gasteiger partial charge in [0.15, 0.2) is 0 Å². The average Bonchev–Trinajstić information content (AvgIpc) is 3.81. The molecule has 3 aromatic rings. The first-order valence-electron chi connectivity index (χ1n) is 13.4. The molecule has 0 aromatic heterocycles. The molecule has 0 amide bonds. The number of aryl methyl sites for hydroxylation is 1. The number of carbonyl (C=O) groups is 1. The largest absolute Gasteiger partial charge is 0.497 e. The highest BCUT2D eigenvalue weighted by molar-refractivity contribution is 5.71. The van der Waals surface area contributed by atoms with Crippen LogP contribution in [0.25, 0.3) is 11.1 Å². The fraction of sp³-hybridized carbons (Fsp3) is 0.424. The van der Waals surface area contributed by atoms with Crippen LogP contribution in [0.5, 0.6) is 11.5 Å². The van der Waals surface area contributed by atoms with Crippen LogP contribution in [0.15, 0.2) is 60.7 Å². The standard InChI is InChI=1S/C30H35FO5.C3H6/c1-30(2,3)29(35-6)26-17-21(10-13-24(26)25-18-22(33-4)12-14-27(25)31)19-36-23-9-7-8-20(16-23)11-15-28(32)34-5;1-2-3-1/h7-10,12-14,16-18,29H,11,15,19H2,1-6H3;1-3H2. The molecule has 0 spiro atoms. The highest BCUT2D eigenvalue weighted by Crippen LogP contribution is 2.42. The van der Waals surface area contributed by atoms with E-state index in [1.165, 1.54) is 32.4 Å².